The molecule has 0 aliphatic carbocycles. The molecule has 0 bridgehead atoms. The summed E-state index contributed by atoms with van der Waals surface area (Å²) in [6.07, 6.45) is 1.48. The van der Waals surface area contributed by atoms with Crippen molar-refractivity contribution >= 4 is 23.3 Å². The Bertz CT molecular complexity index is 1110. The summed E-state index contributed by atoms with van der Waals surface area (Å²) in [5.74, 6) is 0.783. The first-order valence-electron chi connectivity index (χ1n) is 10.5. The van der Waals surface area contributed by atoms with Crippen molar-refractivity contribution in [2.24, 2.45) is 5.92 Å². The molecule has 160 valence electrons. The fraction of sp³-hybridized carbons (Fsp3) is 0.292. The van der Waals surface area contributed by atoms with Gasteiger partial charge in [-0.3, -0.25) is 9.59 Å². The predicted molar refractivity (Wildman–Crippen MR) is 123 cm³/mol. The molecule has 2 aromatic carbocycles. The number of carbonyl (C=O) groups excluding carboxylic acids is 1. The van der Waals surface area contributed by atoms with E-state index in [0.717, 1.165) is 24.2 Å². The summed E-state index contributed by atoms with van der Waals surface area (Å²) < 4.78 is 1.36. The van der Waals surface area contributed by atoms with Crippen LogP contribution in [0.4, 0.5) is 5.82 Å². The van der Waals surface area contributed by atoms with E-state index in [9.17, 15) is 9.59 Å². The van der Waals surface area contributed by atoms with Gasteiger partial charge in [0.05, 0.1) is 11.7 Å². The maximum absolute atomic E-state index is 12.7. The Labute approximate surface area is 186 Å². The Kier molecular flexibility index (Phi) is 6.37. The summed E-state index contributed by atoms with van der Waals surface area (Å²) >= 11 is 6.06. The van der Waals surface area contributed by atoms with Gasteiger partial charge in [0.2, 0.25) is 5.91 Å². The van der Waals surface area contributed by atoms with Crippen molar-refractivity contribution in [3.63, 3.8) is 0 Å². The lowest BCUT2D eigenvalue weighted by atomic mass is 9.95. The predicted octanol–water partition coefficient (Wildman–Crippen LogP) is 3.98. The van der Waals surface area contributed by atoms with Gasteiger partial charge in [0.15, 0.2) is 0 Å². The number of piperidine rings is 1. The van der Waals surface area contributed by atoms with E-state index in [1.165, 1.54) is 10.7 Å². The number of hydrogen-bond acceptors (Lipinski definition) is 4. The van der Waals surface area contributed by atoms with Gasteiger partial charge < -0.3 is 10.2 Å². The highest BCUT2D eigenvalue weighted by molar-refractivity contribution is 6.30. The van der Waals surface area contributed by atoms with Crippen LogP contribution in [0.1, 0.15) is 31.4 Å². The zero-order valence-corrected chi connectivity index (χ0v) is 18.1. The molecule has 3 aromatic rings. The molecule has 0 radical (unpaired) electrons. The second-order valence-electron chi connectivity index (χ2n) is 7.82. The van der Waals surface area contributed by atoms with Crippen LogP contribution in [0.5, 0.6) is 0 Å². The lowest BCUT2D eigenvalue weighted by molar-refractivity contribution is -0.126. The van der Waals surface area contributed by atoms with Gasteiger partial charge in [0.25, 0.3) is 5.56 Å². The zero-order chi connectivity index (χ0) is 21.8. The molecule has 1 unspecified atom stereocenters. The molecule has 1 fully saturated rings. The second kappa shape index (κ2) is 9.35. The van der Waals surface area contributed by atoms with Crippen molar-refractivity contribution in [1.29, 1.82) is 0 Å². The number of carbonyl (C=O) groups is 1. The van der Waals surface area contributed by atoms with Gasteiger partial charge in [-0.15, -0.1) is 5.10 Å². The number of nitrogens with zero attached hydrogens (tertiary/aromatic N) is 3. The monoisotopic (exact) mass is 436 g/mol. The van der Waals surface area contributed by atoms with Crippen LogP contribution in [-0.4, -0.2) is 28.8 Å². The fourth-order valence-electron chi connectivity index (χ4n) is 3.89. The van der Waals surface area contributed by atoms with Gasteiger partial charge in [0, 0.05) is 30.1 Å². The molecule has 1 aromatic heterocycles. The fourth-order valence-corrected chi connectivity index (χ4v) is 4.07. The van der Waals surface area contributed by atoms with Crippen LogP contribution < -0.4 is 15.8 Å². The second-order valence-corrected chi connectivity index (χ2v) is 8.26. The first-order valence-corrected chi connectivity index (χ1v) is 10.9. The summed E-state index contributed by atoms with van der Waals surface area (Å²) in [5.41, 5.74) is 1.51. The molecule has 0 spiro atoms. The Morgan fingerprint density at radius 3 is 2.52 bits per heavy atom. The molecule has 1 amide bonds. The summed E-state index contributed by atoms with van der Waals surface area (Å²) in [6.45, 7) is 3.42. The maximum atomic E-state index is 12.7. The number of halogens is 1. The SMILES string of the molecule is CC(NC(=O)C1CCN(c2ccc(=O)n(-c3cccc(Cl)c3)n2)CC1)c1ccccc1. The first-order chi connectivity index (χ1) is 15.0. The lowest BCUT2D eigenvalue weighted by Gasteiger charge is -2.32. The van der Waals surface area contributed by atoms with Gasteiger partial charge in [-0.2, -0.15) is 4.68 Å². The van der Waals surface area contributed by atoms with E-state index >= 15 is 0 Å². The highest BCUT2D eigenvalue weighted by Crippen LogP contribution is 2.23. The smallest absolute Gasteiger partial charge is 0.271 e. The van der Waals surface area contributed by atoms with Crippen molar-refractivity contribution in [1.82, 2.24) is 15.1 Å². The molecule has 6 nitrogen and oxygen atoms in total. The third-order valence-corrected chi connectivity index (χ3v) is 5.92. The number of amides is 1. The van der Waals surface area contributed by atoms with Crippen molar-refractivity contribution in [3.8, 4) is 5.69 Å². The summed E-state index contributed by atoms with van der Waals surface area (Å²) in [5, 5.41) is 8.22. The Balaban J connectivity index is 1.40. The van der Waals surface area contributed by atoms with Crippen LogP contribution >= 0.6 is 11.6 Å². The van der Waals surface area contributed by atoms with Crippen LogP contribution in [0.2, 0.25) is 5.02 Å². The van der Waals surface area contributed by atoms with E-state index in [1.54, 1.807) is 30.3 Å². The van der Waals surface area contributed by atoms with Gasteiger partial charge in [-0.25, -0.2) is 0 Å². The Morgan fingerprint density at radius 1 is 1.06 bits per heavy atom. The normalized spacial score (nSPS) is 15.5. The Morgan fingerprint density at radius 2 is 1.81 bits per heavy atom. The number of rotatable bonds is 5. The maximum Gasteiger partial charge on any atom is 0.271 e. The minimum atomic E-state index is -0.213. The summed E-state index contributed by atoms with van der Waals surface area (Å²) in [4.78, 5) is 27.2. The number of nitrogens with one attached hydrogen (secondary N) is 1. The number of aromatic nitrogens is 2. The number of benzene rings is 2. The lowest BCUT2D eigenvalue weighted by Crippen LogP contribution is -2.42. The van der Waals surface area contributed by atoms with Crippen molar-refractivity contribution in [3.05, 3.63) is 87.7 Å². The van der Waals surface area contributed by atoms with E-state index in [0.29, 0.717) is 23.8 Å². The zero-order valence-electron chi connectivity index (χ0n) is 17.4. The van der Waals surface area contributed by atoms with Crippen molar-refractivity contribution in [2.45, 2.75) is 25.8 Å². The van der Waals surface area contributed by atoms with Gasteiger partial charge in [-0.05, 0) is 49.6 Å². The van der Waals surface area contributed by atoms with Gasteiger partial charge in [-0.1, -0.05) is 48.0 Å². The van der Waals surface area contributed by atoms with E-state index in [-0.39, 0.29) is 23.4 Å². The quantitative estimate of drug-likeness (QED) is 0.657. The average molecular weight is 437 g/mol. The molecule has 0 saturated carbocycles. The number of hydrogen-bond donors (Lipinski definition) is 1. The highest BCUT2D eigenvalue weighted by Gasteiger charge is 2.27. The van der Waals surface area contributed by atoms with Crippen LogP contribution in [0, 0.1) is 5.92 Å². The molecule has 1 saturated heterocycles. The Hall–Kier alpha value is -3.12. The molecular formula is C24H25ClN4O2. The van der Waals surface area contributed by atoms with E-state index in [1.807, 2.05) is 37.3 Å². The topological polar surface area (TPSA) is 67.2 Å². The van der Waals surface area contributed by atoms with Crippen LogP contribution in [0.25, 0.3) is 5.69 Å². The van der Waals surface area contributed by atoms with Crippen LogP contribution in [0.3, 0.4) is 0 Å². The molecule has 31 heavy (non-hydrogen) atoms. The minimum Gasteiger partial charge on any atom is -0.355 e. The van der Waals surface area contributed by atoms with Gasteiger partial charge in [0.1, 0.15) is 5.82 Å². The van der Waals surface area contributed by atoms with Crippen LogP contribution in [0.15, 0.2) is 71.5 Å². The molecule has 1 N–H and O–H groups in total. The van der Waals surface area contributed by atoms with E-state index < -0.39 is 0 Å². The van der Waals surface area contributed by atoms with E-state index in [2.05, 4.69) is 15.3 Å². The standard InChI is InChI=1S/C24H25ClN4O2/c1-17(18-6-3-2-4-7-18)26-24(31)19-12-14-28(15-13-19)22-10-11-23(30)29(27-22)21-9-5-8-20(25)16-21/h2-11,16-17,19H,12-15H2,1H3,(H,26,31). The minimum absolute atomic E-state index is 0.0188. The third-order valence-electron chi connectivity index (χ3n) is 5.69. The first kappa shape index (κ1) is 21.1. The average Bonchev–Trinajstić information content (AvgIpc) is 2.80. The molecule has 4 rings (SSSR count). The van der Waals surface area contributed by atoms with E-state index in [4.69, 9.17) is 11.6 Å². The van der Waals surface area contributed by atoms with Crippen molar-refractivity contribution < 1.29 is 4.79 Å². The molecule has 2 heterocycles. The number of anilines is 1. The molecule has 1 atom stereocenters. The third kappa shape index (κ3) is 4.97. The molecular weight excluding hydrogens is 412 g/mol. The summed E-state index contributed by atoms with van der Waals surface area (Å²) in [6, 6.07) is 20.3. The van der Waals surface area contributed by atoms with Crippen molar-refractivity contribution in [2.75, 3.05) is 18.0 Å². The molecule has 1 aliphatic heterocycles. The highest BCUT2D eigenvalue weighted by atomic mass is 35.5. The summed E-state index contributed by atoms with van der Waals surface area (Å²) in [7, 11) is 0. The largest absolute Gasteiger partial charge is 0.355 e. The van der Waals surface area contributed by atoms with Crippen LogP contribution in [-0.2, 0) is 4.79 Å². The van der Waals surface area contributed by atoms with Gasteiger partial charge >= 0.3 is 0 Å². The molecule has 1 aliphatic rings. The molecule has 7 heteroatoms.